The van der Waals surface area contributed by atoms with Crippen molar-refractivity contribution in [2.75, 3.05) is 5.43 Å². The monoisotopic (exact) mass is 398 g/mol. The molecule has 0 saturated heterocycles. The summed E-state index contributed by atoms with van der Waals surface area (Å²) in [5.74, 6) is 0.245. The van der Waals surface area contributed by atoms with Crippen molar-refractivity contribution in [3.63, 3.8) is 0 Å². The minimum Gasteiger partial charge on any atom is -0.488 e. The summed E-state index contributed by atoms with van der Waals surface area (Å²) in [6.45, 7) is 0.625. The second kappa shape index (κ2) is 7.86. The Morgan fingerprint density at radius 1 is 1.20 bits per heavy atom. The number of rotatable bonds is 6. The summed E-state index contributed by atoms with van der Waals surface area (Å²) in [7, 11) is 0. The number of aromatic nitrogens is 3. The van der Waals surface area contributed by atoms with Crippen molar-refractivity contribution in [3.8, 4) is 5.75 Å². The van der Waals surface area contributed by atoms with Gasteiger partial charge in [-0.2, -0.15) is 5.10 Å². The molecular weight excluding hydrogens is 386 g/mol. The van der Waals surface area contributed by atoms with Crippen molar-refractivity contribution in [2.24, 2.45) is 0 Å². The Morgan fingerprint density at radius 2 is 2.04 bits per heavy atom. The molecule has 1 heterocycles. The molecule has 9 heteroatoms. The number of halogens is 3. The minimum absolute atomic E-state index is 0.207. The SMILES string of the molecule is Fc1ccc(COc2ccc(Cl)cc2CNn2cn[nH]c2=S)c(Cl)c1. The highest BCUT2D eigenvalue weighted by atomic mass is 35.5. The van der Waals surface area contributed by atoms with Crippen molar-refractivity contribution in [3.05, 3.63) is 74.5 Å². The summed E-state index contributed by atoms with van der Waals surface area (Å²) in [4.78, 5) is 0. The van der Waals surface area contributed by atoms with Crippen molar-refractivity contribution in [1.82, 2.24) is 14.9 Å². The minimum atomic E-state index is -0.387. The largest absolute Gasteiger partial charge is 0.488 e. The molecule has 0 atom stereocenters. The molecule has 0 unspecified atom stereocenters. The number of nitrogens with one attached hydrogen (secondary N) is 2. The van der Waals surface area contributed by atoms with Gasteiger partial charge >= 0.3 is 0 Å². The van der Waals surface area contributed by atoms with Crippen LogP contribution in [0.4, 0.5) is 4.39 Å². The standard InChI is InChI=1S/C16H13Cl2FN4OS/c17-12-2-4-15(24-8-10-1-3-13(19)6-14(10)18)11(5-12)7-21-23-9-20-22-16(23)25/h1-6,9,21H,7-8H2,(H,22,25). The summed E-state index contributed by atoms with van der Waals surface area (Å²) >= 11 is 17.2. The summed E-state index contributed by atoms with van der Waals surface area (Å²) in [6.07, 6.45) is 1.53. The number of hydrogen-bond acceptors (Lipinski definition) is 4. The van der Waals surface area contributed by atoms with E-state index in [9.17, 15) is 4.39 Å². The van der Waals surface area contributed by atoms with E-state index >= 15 is 0 Å². The molecule has 1 aromatic heterocycles. The molecule has 0 radical (unpaired) electrons. The van der Waals surface area contributed by atoms with Crippen molar-refractivity contribution < 1.29 is 9.13 Å². The normalized spacial score (nSPS) is 10.7. The van der Waals surface area contributed by atoms with E-state index in [-0.39, 0.29) is 12.4 Å². The zero-order chi connectivity index (χ0) is 17.8. The average Bonchev–Trinajstić information content (AvgIpc) is 2.98. The van der Waals surface area contributed by atoms with Crippen LogP contribution < -0.4 is 10.2 Å². The van der Waals surface area contributed by atoms with E-state index < -0.39 is 0 Å². The third-order valence-corrected chi connectivity index (χ3v) is 4.29. The first kappa shape index (κ1) is 17.7. The van der Waals surface area contributed by atoms with E-state index in [0.29, 0.717) is 32.7 Å². The van der Waals surface area contributed by atoms with E-state index in [2.05, 4.69) is 15.6 Å². The van der Waals surface area contributed by atoms with Gasteiger partial charge in [-0.05, 0) is 42.5 Å². The summed E-state index contributed by atoms with van der Waals surface area (Å²) in [6, 6.07) is 9.48. The van der Waals surface area contributed by atoms with Gasteiger partial charge in [0, 0.05) is 16.1 Å². The third kappa shape index (κ3) is 4.50. The number of benzene rings is 2. The number of aromatic amines is 1. The third-order valence-electron chi connectivity index (χ3n) is 3.41. The molecule has 0 aliphatic rings. The lowest BCUT2D eigenvalue weighted by molar-refractivity contribution is 0.303. The topological polar surface area (TPSA) is 54.9 Å². The Morgan fingerprint density at radius 3 is 2.76 bits per heavy atom. The predicted molar refractivity (Wildman–Crippen MR) is 97.7 cm³/mol. The van der Waals surface area contributed by atoms with Crippen molar-refractivity contribution in [1.29, 1.82) is 0 Å². The molecule has 5 nitrogen and oxygen atoms in total. The quantitative estimate of drug-likeness (QED) is 0.590. The van der Waals surface area contributed by atoms with Crippen LogP contribution >= 0.6 is 35.4 Å². The van der Waals surface area contributed by atoms with Gasteiger partial charge in [-0.15, -0.1) is 0 Å². The van der Waals surface area contributed by atoms with Crippen LogP contribution in [0.15, 0.2) is 42.7 Å². The first-order valence-electron chi connectivity index (χ1n) is 7.24. The summed E-state index contributed by atoms with van der Waals surface area (Å²) < 4.78 is 21.0. The molecule has 0 aliphatic heterocycles. The lowest BCUT2D eigenvalue weighted by Gasteiger charge is -2.14. The maximum atomic E-state index is 13.1. The molecule has 2 N–H and O–H groups in total. The van der Waals surface area contributed by atoms with Crippen LogP contribution in [0.3, 0.4) is 0 Å². The Labute approximate surface area is 158 Å². The molecular formula is C16H13Cl2FN4OS. The van der Waals surface area contributed by atoms with Crippen molar-refractivity contribution >= 4 is 35.4 Å². The van der Waals surface area contributed by atoms with E-state index in [1.165, 1.54) is 18.5 Å². The van der Waals surface area contributed by atoms with Crippen LogP contribution in [-0.4, -0.2) is 14.9 Å². The molecule has 3 aromatic rings. The number of hydrogen-bond donors (Lipinski definition) is 2. The van der Waals surface area contributed by atoms with Gasteiger partial charge in [0.1, 0.15) is 24.5 Å². The highest BCUT2D eigenvalue weighted by molar-refractivity contribution is 7.71. The molecule has 130 valence electrons. The fourth-order valence-corrected chi connectivity index (χ4v) is 2.73. The van der Waals surface area contributed by atoms with Gasteiger partial charge in [-0.1, -0.05) is 29.3 Å². The van der Waals surface area contributed by atoms with Crippen LogP contribution in [0, 0.1) is 10.6 Å². The fourth-order valence-electron chi connectivity index (χ4n) is 2.15. The Bertz CT molecular complexity index is 944. The first-order valence-corrected chi connectivity index (χ1v) is 8.40. The van der Waals surface area contributed by atoms with Gasteiger partial charge in [0.15, 0.2) is 0 Å². The van der Waals surface area contributed by atoms with Crippen LogP contribution in [0.25, 0.3) is 0 Å². The second-order valence-electron chi connectivity index (χ2n) is 5.14. The molecule has 0 aliphatic carbocycles. The summed E-state index contributed by atoms with van der Waals surface area (Å²) in [5.41, 5.74) is 4.61. The lowest BCUT2D eigenvalue weighted by Crippen LogP contribution is -2.14. The maximum Gasteiger partial charge on any atom is 0.214 e. The Kier molecular flexibility index (Phi) is 5.57. The molecule has 2 aromatic carbocycles. The number of nitrogens with zero attached hydrogens (tertiary/aromatic N) is 2. The summed E-state index contributed by atoms with van der Waals surface area (Å²) in [5, 5.41) is 7.39. The van der Waals surface area contributed by atoms with Crippen LogP contribution in [0.5, 0.6) is 5.75 Å². The zero-order valence-corrected chi connectivity index (χ0v) is 15.1. The fraction of sp³-hybridized carbons (Fsp3) is 0.125. The van der Waals surface area contributed by atoms with E-state index in [0.717, 1.165) is 5.56 Å². The number of H-pyrrole nitrogens is 1. The second-order valence-corrected chi connectivity index (χ2v) is 6.37. The maximum absolute atomic E-state index is 13.1. The molecule has 25 heavy (non-hydrogen) atoms. The lowest BCUT2D eigenvalue weighted by atomic mass is 10.2. The Hall–Kier alpha value is -2.09. The highest BCUT2D eigenvalue weighted by Crippen LogP contribution is 2.25. The van der Waals surface area contributed by atoms with Crippen LogP contribution in [0.2, 0.25) is 10.0 Å². The van der Waals surface area contributed by atoms with E-state index in [1.807, 2.05) is 0 Å². The Balaban J connectivity index is 1.74. The molecule has 3 rings (SSSR count). The van der Waals surface area contributed by atoms with Crippen LogP contribution in [0.1, 0.15) is 11.1 Å². The number of ether oxygens (including phenoxy) is 1. The van der Waals surface area contributed by atoms with Gasteiger partial charge in [0.2, 0.25) is 4.77 Å². The molecule has 0 spiro atoms. The van der Waals surface area contributed by atoms with Crippen molar-refractivity contribution in [2.45, 2.75) is 13.2 Å². The van der Waals surface area contributed by atoms with Gasteiger partial charge in [0.05, 0.1) is 11.6 Å². The molecule has 0 amide bonds. The van der Waals surface area contributed by atoms with E-state index in [1.54, 1.807) is 28.9 Å². The highest BCUT2D eigenvalue weighted by Gasteiger charge is 2.08. The molecule has 0 fully saturated rings. The zero-order valence-electron chi connectivity index (χ0n) is 12.8. The average molecular weight is 399 g/mol. The molecule has 0 saturated carbocycles. The van der Waals surface area contributed by atoms with Gasteiger partial charge in [0.25, 0.3) is 0 Å². The van der Waals surface area contributed by atoms with Gasteiger partial charge in [-0.25, -0.2) is 9.07 Å². The molecule has 0 bridgehead atoms. The smallest absolute Gasteiger partial charge is 0.214 e. The van der Waals surface area contributed by atoms with Gasteiger partial charge < -0.3 is 10.2 Å². The van der Waals surface area contributed by atoms with Crippen LogP contribution in [-0.2, 0) is 13.2 Å². The van der Waals surface area contributed by atoms with Gasteiger partial charge in [-0.3, -0.25) is 5.10 Å². The predicted octanol–water partition coefficient (Wildman–Crippen LogP) is 4.71. The first-order chi connectivity index (χ1) is 12.0. The van der Waals surface area contributed by atoms with E-state index in [4.69, 9.17) is 40.2 Å².